The molecule has 0 saturated heterocycles. The molecule has 0 aliphatic carbocycles. The van der Waals surface area contributed by atoms with Crippen LogP contribution in [0.1, 0.15) is 32.1 Å². The first-order chi connectivity index (χ1) is 15.3. The summed E-state index contributed by atoms with van der Waals surface area (Å²) in [4.78, 5) is 81.1. The minimum absolute atomic E-state index is 0.266. The van der Waals surface area contributed by atoms with E-state index in [4.69, 9.17) is 22.3 Å². The predicted octanol–water partition coefficient (Wildman–Crippen LogP) is -4.21. The fourth-order valence-corrected chi connectivity index (χ4v) is 2.65. The zero-order chi connectivity index (χ0) is 25.7. The van der Waals surface area contributed by atoms with E-state index in [9.17, 15) is 38.7 Å². The Hall–Kier alpha value is -3.40. The van der Waals surface area contributed by atoms with E-state index in [2.05, 4.69) is 28.6 Å². The van der Waals surface area contributed by atoms with E-state index in [0.29, 0.717) is 0 Å². The van der Waals surface area contributed by atoms with Gasteiger partial charge in [0.2, 0.25) is 29.5 Å². The Labute approximate surface area is 193 Å². The van der Waals surface area contributed by atoms with Gasteiger partial charge in [-0.05, 0) is 12.8 Å². The molecule has 0 heterocycles. The van der Waals surface area contributed by atoms with Crippen LogP contribution in [-0.4, -0.2) is 81.6 Å². The number of rotatable bonds is 16. The largest absolute Gasteiger partial charge is 0.481 e. The minimum atomic E-state index is -1.51. The van der Waals surface area contributed by atoms with Gasteiger partial charge >= 0.3 is 11.9 Å². The third kappa shape index (κ3) is 12.3. The van der Waals surface area contributed by atoms with Crippen LogP contribution < -0.4 is 33.2 Å². The zero-order valence-corrected chi connectivity index (χ0v) is 18.4. The fourth-order valence-electron chi connectivity index (χ4n) is 2.40. The van der Waals surface area contributed by atoms with Crippen molar-refractivity contribution in [1.29, 1.82) is 0 Å². The number of thiol groups is 1. The summed E-state index contributed by atoms with van der Waals surface area (Å²) in [6.45, 7) is 0. The molecule has 5 amide bonds. The fraction of sp³-hybridized carbons (Fsp3) is 0.588. The number of nitrogens with one attached hydrogen (secondary N) is 3. The lowest BCUT2D eigenvalue weighted by Crippen LogP contribution is -2.57. The molecule has 0 aliphatic rings. The summed E-state index contributed by atoms with van der Waals surface area (Å²) in [6, 6.07) is -5.73. The third-order valence-corrected chi connectivity index (χ3v) is 4.52. The molecule has 186 valence electrons. The molecular formula is C17H28N6O9S. The Balaban J connectivity index is 5.36. The number of carbonyl (C=O) groups is 7. The molecule has 0 aromatic carbocycles. The van der Waals surface area contributed by atoms with Gasteiger partial charge in [0, 0.05) is 18.6 Å². The number of aliphatic carboxylic acids is 2. The average molecular weight is 493 g/mol. The molecule has 0 spiro atoms. The summed E-state index contributed by atoms with van der Waals surface area (Å²) in [5.74, 6) is -7.54. The number of carbonyl (C=O) groups excluding carboxylic acids is 5. The normalized spacial score (nSPS) is 14.1. The van der Waals surface area contributed by atoms with Crippen molar-refractivity contribution in [3.8, 4) is 0 Å². The molecule has 0 aliphatic heterocycles. The third-order valence-electron chi connectivity index (χ3n) is 4.15. The van der Waals surface area contributed by atoms with E-state index in [1.54, 1.807) is 0 Å². The summed E-state index contributed by atoms with van der Waals surface area (Å²) >= 11 is 3.93. The Bertz CT molecular complexity index is 778. The lowest BCUT2D eigenvalue weighted by Gasteiger charge is -2.24. The highest BCUT2D eigenvalue weighted by Gasteiger charge is 2.30. The Morgan fingerprint density at radius 1 is 0.727 bits per heavy atom. The highest BCUT2D eigenvalue weighted by Crippen LogP contribution is 2.04. The van der Waals surface area contributed by atoms with Crippen molar-refractivity contribution in [3.63, 3.8) is 0 Å². The number of carboxylic acid groups (broad SMARTS) is 2. The van der Waals surface area contributed by atoms with Gasteiger partial charge in [0.15, 0.2) is 0 Å². The van der Waals surface area contributed by atoms with E-state index in [1.807, 2.05) is 0 Å². The van der Waals surface area contributed by atoms with Gasteiger partial charge in [-0.2, -0.15) is 12.6 Å². The van der Waals surface area contributed by atoms with Crippen molar-refractivity contribution in [2.75, 3.05) is 5.75 Å². The van der Waals surface area contributed by atoms with Crippen LogP contribution in [0, 0.1) is 0 Å². The van der Waals surface area contributed by atoms with Crippen molar-refractivity contribution in [1.82, 2.24) is 16.0 Å². The number of hydrogen-bond acceptors (Lipinski definition) is 9. The molecule has 0 rings (SSSR count). The molecule has 0 aromatic rings. The van der Waals surface area contributed by atoms with Gasteiger partial charge in [0.1, 0.15) is 18.1 Å². The van der Waals surface area contributed by atoms with Crippen LogP contribution in [0.15, 0.2) is 0 Å². The van der Waals surface area contributed by atoms with Gasteiger partial charge in [-0.3, -0.25) is 28.8 Å². The van der Waals surface area contributed by atoms with E-state index >= 15 is 0 Å². The van der Waals surface area contributed by atoms with Crippen LogP contribution in [0.2, 0.25) is 0 Å². The van der Waals surface area contributed by atoms with Crippen molar-refractivity contribution in [2.24, 2.45) is 17.2 Å². The second-order valence-electron chi connectivity index (χ2n) is 6.92. The molecule has 33 heavy (non-hydrogen) atoms. The summed E-state index contributed by atoms with van der Waals surface area (Å²) in [5.41, 5.74) is 15.5. The smallest absolute Gasteiger partial charge is 0.326 e. The summed E-state index contributed by atoms with van der Waals surface area (Å²) in [5, 5.41) is 24.5. The first-order valence-corrected chi connectivity index (χ1v) is 10.2. The zero-order valence-electron chi connectivity index (χ0n) is 17.5. The Kier molecular flexibility index (Phi) is 13.1. The molecule has 15 nitrogen and oxygen atoms in total. The topological polar surface area (TPSA) is 274 Å². The lowest BCUT2D eigenvalue weighted by atomic mass is 10.1. The SMILES string of the molecule is NC(=O)CCC(NC(=O)C(CCC(N)=O)NC(=O)C(CS)NC(=O)C(N)CC(=O)O)C(=O)O. The Morgan fingerprint density at radius 2 is 1.15 bits per heavy atom. The molecule has 16 heteroatoms. The molecule has 4 unspecified atom stereocenters. The van der Waals surface area contributed by atoms with Crippen LogP contribution in [-0.2, 0) is 33.6 Å². The first kappa shape index (κ1) is 29.6. The van der Waals surface area contributed by atoms with Crippen LogP contribution in [0.4, 0.5) is 0 Å². The van der Waals surface area contributed by atoms with Gasteiger partial charge in [0.05, 0.1) is 12.5 Å². The van der Waals surface area contributed by atoms with E-state index < -0.39 is 72.1 Å². The average Bonchev–Trinajstić information content (AvgIpc) is 2.70. The van der Waals surface area contributed by atoms with Gasteiger partial charge in [-0.25, -0.2) is 4.79 Å². The predicted molar refractivity (Wildman–Crippen MR) is 114 cm³/mol. The van der Waals surface area contributed by atoms with Crippen molar-refractivity contribution in [3.05, 3.63) is 0 Å². The van der Waals surface area contributed by atoms with Gasteiger partial charge < -0.3 is 43.4 Å². The molecule has 0 fully saturated rings. The summed E-state index contributed by atoms with van der Waals surface area (Å²) in [6.07, 6.45) is -2.00. The summed E-state index contributed by atoms with van der Waals surface area (Å²) < 4.78 is 0. The second kappa shape index (κ2) is 14.6. The van der Waals surface area contributed by atoms with E-state index in [0.717, 1.165) is 0 Å². The van der Waals surface area contributed by atoms with Crippen molar-refractivity contribution < 1.29 is 43.8 Å². The van der Waals surface area contributed by atoms with Crippen molar-refractivity contribution >= 4 is 54.1 Å². The number of nitrogens with two attached hydrogens (primary N) is 3. The second-order valence-corrected chi connectivity index (χ2v) is 7.28. The maximum absolute atomic E-state index is 12.6. The summed E-state index contributed by atoms with van der Waals surface area (Å²) in [7, 11) is 0. The monoisotopic (exact) mass is 492 g/mol. The molecular weight excluding hydrogens is 464 g/mol. The van der Waals surface area contributed by atoms with E-state index in [1.165, 1.54) is 0 Å². The lowest BCUT2D eigenvalue weighted by molar-refractivity contribution is -0.142. The van der Waals surface area contributed by atoms with Crippen LogP contribution >= 0.6 is 12.6 Å². The van der Waals surface area contributed by atoms with Gasteiger partial charge in [-0.15, -0.1) is 0 Å². The van der Waals surface area contributed by atoms with Gasteiger partial charge in [-0.1, -0.05) is 0 Å². The van der Waals surface area contributed by atoms with Gasteiger partial charge in [0.25, 0.3) is 0 Å². The van der Waals surface area contributed by atoms with Crippen molar-refractivity contribution in [2.45, 2.75) is 56.3 Å². The molecule has 4 atom stereocenters. The first-order valence-electron chi connectivity index (χ1n) is 9.57. The molecule has 11 N–H and O–H groups in total. The van der Waals surface area contributed by atoms with Crippen LogP contribution in [0.5, 0.6) is 0 Å². The quantitative estimate of drug-likeness (QED) is 0.0936. The standard InChI is InChI=1S/C17H28N6O9S/c18-7(5-13(26)27)14(28)23-10(6-33)16(30)21-8(1-3-11(19)24)15(29)22-9(17(31)32)2-4-12(20)25/h7-10,33H,1-6,18H2,(H2,19,24)(H2,20,25)(H,21,30)(H,22,29)(H,23,28)(H,26,27)(H,31,32). The minimum Gasteiger partial charge on any atom is -0.481 e. The van der Waals surface area contributed by atoms with Crippen LogP contribution in [0.25, 0.3) is 0 Å². The molecule has 0 radical (unpaired) electrons. The molecule has 0 saturated carbocycles. The highest BCUT2D eigenvalue weighted by atomic mass is 32.1. The Morgan fingerprint density at radius 3 is 1.58 bits per heavy atom. The molecule has 0 bridgehead atoms. The number of hydrogen-bond donors (Lipinski definition) is 9. The number of amides is 5. The maximum Gasteiger partial charge on any atom is 0.326 e. The highest BCUT2D eigenvalue weighted by molar-refractivity contribution is 7.80. The molecule has 0 aromatic heterocycles. The number of carboxylic acids is 2. The number of primary amides is 2. The van der Waals surface area contributed by atoms with E-state index in [-0.39, 0.29) is 31.4 Å². The van der Waals surface area contributed by atoms with Crippen LogP contribution in [0.3, 0.4) is 0 Å². The maximum atomic E-state index is 12.6.